The number of hydrogen-bond donors (Lipinski definition) is 3. The number of anilines is 1. The maximum Gasteiger partial charge on any atom is 0.514 e. The van der Waals surface area contributed by atoms with Crippen molar-refractivity contribution in [3.8, 4) is 0 Å². The fraction of sp³-hybridized carbons (Fsp3) is 0.471. The molecule has 1 aliphatic rings. The Kier molecular flexibility index (Phi) is 6.11. The van der Waals surface area contributed by atoms with Gasteiger partial charge in [-0.25, -0.2) is 4.48 Å². The highest BCUT2D eigenvalue weighted by atomic mass is 16.4. The topological polar surface area (TPSA) is 113 Å². The zero-order valence-corrected chi connectivity index (χ0v) is 14.4. The van der Waals surface area contributed by atoms with E-state index in [2.05, 4.69) is 5.32 Å². The molecule has 0 atom stereocenters. The summed E-state index contributed by atoms with van der Waals surface area (Å²) in [6.07, 6.45) is -0.800. The third-order valence-corrected chi connectivity index (χ3v) is 4.49. The van der Waals surface area contributed by atoms with Crippen LogP contribution in [-0.4, -0.2) is 71.7 Å². The predicted octanol–water partition coefficient (Wildman–Crippen LogP) is 0.619. The van der Waals surface area contributed by atoms with Crippen LogP contribution in [0.15, 0.2) is 24.3 Å². The number of carbonyl (C=O) groups excluding carboxylic acids is 2. The summed E-state index contributed by atoms with van der Waals surface area (Å²) < 4.78 is -0.371. The SMILES string of the molecule is Cc1ccc(NC(=O)C[N+]2(C(=O)O)CCN(C(=O)CCN)CC2)cc1. The van der Waals surface area contributed by atoms with Crippen LogP contribution >= 0.6 is 0 Å². The van der Waals surface area contributed by atoms with Gasteiger partial charge in [0.1, 0.15) is 13.1 Å². The van der Waals surface area contributed by atoms with Crippen LogP contribution in [0.4, 0.5) is 10.5 Å². The van der Waals surface area contributed by atoms with Crippen molar-refractivity contribution in [1.82, 2.24) is 4.90 Å². The number of hydrogen-bond acceptors (Lipinski definition) is 4. The predicted molar refractivity (Wildman–Crippen MR) is 92.9 cm³/mol. The summed E-state index contributed by atoms with van der Waals surface area (Å²) in [6.45, 7) is 3.07. The van der Waals surface area contributed by atoms with Gasteiger partial charge in [-0.2, -0.15) is 4.79 Å². The van der Waals surface area contributed by atoms with E-state index in [0.29, 0.717) is 18.8 Å². The van der Waals surface area contributed by atoms with E-state index in [-0.39, 0.29) is 48.9 Å². The first-order valence-corrected chi connectivity index (χ1v) is 8.30. The molecule has 1 aliphatic heterocycles. The van der Waals surface area contributed by atoms with Crippen LogP contribution in [-0.2, 0) is 9.59 Å². The number of aryl methyl sites for hydroxylation is 1. The lowest BCUT2D eigenvalue weighted by molar-refractivity contribution is -0.853. The number of carboxylic acid groups (broad SMARTS) is 1. The molecule has 136 valence electrons. The molecule has 25 heavy (non-hydrogen) atoms. The van der Waals surface area contributed by atoms with Crippen LogP contribution in [0.3, 0.4) is 0 Å². The Bertz CT molecular complexity index is 637. The van der Waals surface area contributed by atoms with E-state index in [1.165, 1.54) is 0 Å². The second-order valence-corrected chi connectivity index (χ2v) is 6.37. The largest absolute Gasteiger partial charge is 0.514 e. The molecule has 1 fully saturated rings. The molecule has 0 aromatic heterocycles. The van der Waals surface area contributed by atoms with Gasteiger partial charge in [0.15, 0.2) is 6.54 Å². The van der Waals surface area contributed by atoms with E-state index in [9.17, 15) is 19.5 Å². The number of carbonyl (C=O) groups is 3. The number of nitrogens with two attached hydrogens (primary N) is 1. The third-order valence-electron chi connectivity index (χ3n) is 4.49. The highest BCUT2D eigenvalue weighted by Gasteiger charge is 2.43. The van der Waals surface area contributed by atoms with Crippen molar-refractivity contribution in [3.63, 3.8) is 0 Å². The zero-order valence-electron chi connectivity index (χ0n) is 14.4. The number of rotatable bonds is 5. The Labute approximate surface area is 146 Å². The van der Waals surface area contributed by atoms with Crippen molar-refractivity contribution in [3.05, 3.63) is 29.8 Å². The minimum Gasteiger partial charge on any atom is -0.435 e. The molecule has 0 saturated carbocycles. The fourth-order valence-corrected chi connectivity index (χ4v) is 2.91. The molecule has 1 heterocycles. The molecule has 3 amide bonds. The van der Waals surface area contributed by atoms with Crippen LogP contribution in [0.5, 0.6) is 0 Å². The molecule has 0 radical (unpaired) electrons. The van der Waals surface area contributed by atoms with Gasteiger partial charge in [-0.05, 0) is 19.1 Å². The van der Waals surface area contributed by atoms with Gasteiger partial charge in [0.05, 0.1) is 13.1 Å². The van der Waals surface area contributed by atoms with E-state index in [1.54, 1.807) is 17.0 Å². The molecule has 2 rings (SSSR count). The van der Waals surface area contributed by atoms with Gasteiger partial charge in [-0.3, -0.25) is 9.59 Å². The Morgan fingerprint density at radius 2 is 1.80 bits per heavy atom. The molecule has 1 aromatic rings. The molecular formula is C17H25N4O4+. The highest BCUT2D eigenvalue weighted by molar-refractivity contribution is 5.92. The van der Waals surface area contributed by atoms with Gasteiger partial charge < -0.3 is 21.1 Å². The zero-order chi connectivity index (χ0) is 18.4. The highest BCUT2D eigenvalue weighted by Crippen LogP contribution is 2.16. The van der Waals surface area contributed by atoms with Gasteiger partial charge in [0, 0.05) is 18.7 Å². The number of amides is 3. The van der Waals surface area contributed by atoms with Crippen LogP contribution < -0.4 is 11.1 Å². The Balaban J connectivity index is 1.99. The lowest BCUT2D eigenvalue weighted by Crippen LogP contribution is -2.65. The summed E-state index contributed by atoms with van der Waals surface area (Å²) in [4.78, 5) is 37.6. The second kappa shape index (κ2) is 8.09. The van der Waals surface area contributed by atoms with Crippen LogP contribution in [0.1, 0.15) is 12.0 Å². The molecule has 0 bridgehead atoms. The van der Waals surface area contributed by atoms with E-state index in [0.717, 1.165) is 5.56 Å². The van der Waals surface area contributed by atoms with Gasteiger partial charge in [-0.15, -0.1) is 0 Å². The van der Waals surface area contributed by atoms with Crippen LogP contribution in [0, 0.1) is 6.92 Å². The summed E-state index contributed by atoms with van der Waals surface area (Å²) in [6, 6.07) is 7.31. The maximum atomic E-state index is 12.3. The number of nitrogens with one attached hydrogen (secondary N) is 1. The van der Waals surface area contributed by atoms with Crippen molar-refractivity contribution >= 4 is 23.6 Å². The van der Waals surface area contributed by atoms with Crippen molar-refractivity contribution in [2.75, 3.05) is 44.6 Å². The summed E-state index contributed by atoms with van der Waals surface area (Å²) in [7, 11) is 0. The van der Waals surface area contributed by atoms with Crippen molar-refractivity contribution in [2.24, 2.45) is 5.73 Å². The van der Waals surface area contributed by atoms with E-state index in [4.69, 9.17) is 5.73 Å². The number of nitrogens with zero attached hydrogens (tertiary/aromatic N) is 2. The number of quaternary nitrogens is 1. The molecule has 1 aromatic carbocycles. The van der Waals surface area contributed by atoms with Crippen molar-refractivity contribution in [2.45, 2.75) is 13.3 Å². The van der Waals surface area contributed by atoms with E-state index < -0.39 is 6.09 Å². The molecule has 8 heteroatoms. The fourth-order valence-electron chi connectivity index (χ4n) is 2.91. The summed E-state index contributed by atoms with van der Waals surface area (Å²) in [5, 5.41) is 12.4. The Hall–Kier alpha value is -2.45. The summed E-state index contributed by atoms with van der Waals surface area (Å²) >= 11 is 0. The van der Waals surface area contributed by atoms with Crippen molar-refractivity contribution < 1.29 is 24.0 Å². The first kappa shape index (κ1) is 18.9. The number of piperazine rings is 1. The summed E-state index contributed by atoms with van der Waals surface area (Å²) in [5.41, 5.74) is 7.10. The number of benzene rings is 1. The minimum absolute atomic E-state index is 0.0743. The normalized spacial score (nSPS) is 16.3. The van der Waals surface area contributed by atoms with Crippen LogP contribution in [0.2, 0.25) is 0 Å². The average Bonchev–Trinajstić information content (AvgIpc) is 2.57. The Morgan fingerprint density at radius 3 is 2.32 bits per heavy atom. The quantitative estimate of drug-likeness (QED) is 0.675. The van der Waals surface area contributed by atoms with Gasteiger partial charge in [-0.1, -0.05) is 17.7 Å². The molecule has 4 N–H and O–H groups in total. The Morgan fingerprint density at radius 1 is 1.20 bits per heavy atom. The molecule has 8 nitrogen and oxygen atoms in total. The minimum atomic E-state index is -1.05. The van der Waals surface area contributed by atoms with Crippen LogP contribution in [0.25, 0.3) is 0 Å². The van der Waals surface area contributed by atoms with E-state index >= 15 is 0 Å². The lowest BCUT2D eigenvalue weighted by atomic mass is 10.2. The molecule has 0 spiro atoms. The molecular weight excluding hydrogens is 324 g/mol. The standard InChI is InChI=1S/C17H24N4O4/c1-13-2-4-14(5-3-13)19-15(22)12-21(17(24)25)10-8-20(9-11-21)16(23)6-7-18/h2-5H,6-12,18H2,1H3,(H-,19,22,24,25)/p+1. The van der Waals surface area contributed by atoms with Gasteiger partial charge in [0.25, 0.3) is 5.91 Å². The molecule has 1 saturated heterocycles. The first-order chi connectivity index (χ1) is 11.9. The van der Waals surface area contributed by atoms with E-state index in [1.807, 2.05) is 19.1 Å². The molecule has 0 unspecified atom stereocenters. The monoisotopic (exact) mass is 349 g/mol. The average molecular weight is 349 g/mol. The third kappa shape index (κ3) is 4.77. The molecule has 0 aliphatic carbocycles. The lowest BCUT2D eigenvalue weighted by Gasteiger charge is -2.39. The van der Waals surface area contributed by atoms with Gasteiger partial charge >= 0.3 is 6.09 Å². The summed E-state index contributed by atoms with van der Waals surface area (Å²) in [5.74, 6) is -0.428. The first-order valence-electron chi connectivity index (χ1n) is 8.30. The van der Waals surface area contributed by atoms with Gasteiger partial charge in [0.2, 0.25) is 5.91 Å². The smallest absolute Gasteiger partial charge is 0.435 e. The maximum absolute atomic E-state index is 12.3. The second-order valence-electron chi connectivity index (χ2n) is 6.37. The van der Waals surface area contributed by atoms with Crippen molar-refractivity contribution in [1.29, 1.82) is 0 Å².